The van der Waals surface area contributed by atoms with E-state index in [1.807, 2.05) is 0 Å². The normalized spacial score (nSPS) is 15.6. The molecule has 0 amide bonds. The van der Waals surface area contributed by atoms with Gasteiger partial charge in [0.2, 0.25) is 0 Å². The maximum atomic E-state index is 6.70. The number of nitrogens with zero attached hydrogens (tertiary/aromatic N) is 3. The molecular weight excluding hydrogens is 847 g/mol. The summed E-state index contributed by atoms with van der Waals surface area (Å²) >= 11 is 0. The lowest BCUT2D eigenvalue weighted by Gasteiger charge is -2.29. The first kappa shape index (κ1) is 63.1. The van der Waals surface area contributed by atoms with Gasteiger partial charge in [-0.15, -0.1) is 0 Å². The number of rotatable bonds is 46. The van der Waals surface area contributed by atoms with Gasteiger partial charge in [-0.25, -0.2) is 0 Å². The summed E-state index contributed by atoms with van der Waals surface area (Å²) in [5, 5.41) is 0. The van der Waals surface area contributed by atoms with E-state index in [4.69, 9.17) is 17.7 Å². The molecule has 0 N–H and O–H groups in total. The molecule has 0 unspecified atom stereocenters. The zero-order valence-corrected chi connectivity index (χ0v) is 47.3. The summed E-state index contributed by atoms with van der Waals surface area (Å²) in [6.07, 6.45) is 53.2. The summed E-state index contributed by atoms with van der Waals surface area (Å²) in [6.45, 7) is 26.3. The van der Waals surface area contributed by atoms with E-state index in [-0.39, 0.29) is 0 Å². The molecule has 0 radical (unpaired) electrons. The molecule has 0 aromatic heterocycles. The highest BCUT2D eigenvalue weighted by Gasteiger charge is 2.32. The van der Waals surface area contributed by atoms with Crippen LogP contribution in [0.4, 0.5) is 0 Å². The minimum absolute atomic E-state index is 0.823. The Bertz CT molecular complexity index is 1010. The van der Waals surface area contributed by atoms with Gasteiger partial charge in [-0.3, -0.25) is 0 Å². The molecule has 0 aromatic rings. The van der Waals surface area contributed by atoms with E-state index in [1.54, 1.807) is 0 Å². The van der Waals surface area contributed by atoms with E-state index < -0.39 is 17.1 Å². The van der Waals surface area contributed by atoms with Gasteiger partial charge in [-0.2, -0.15) is 0 Å². The van der Waals surface area contributed by atoms with Crippen LogP contribution in [0, 0.1) is 0 Å². The van der Waals surface area contributed by atoms with Crippen molar-refractivity contribution < 1.29 is 17.7 Å². The second-order valence-electron chi connectivity index (χ2n) is 20.0. The van der Waals surface area contributed by atoms with Crippen LogP contribution in [0.25, 0.3) is 0 Å². The SMILES string of the molecule is CCCCC/C=C\CCCO[Si](C)(CCCCN1CCN(C)CCN(CCCC[Si](C)(OCCC/C=C\CCCCC)OCCC/C=C\CCCCC)CC1)OCCC/C=C\CCCCC. The lowest BCUT2D eigenvalue weighted by Crippen LogP contribution is -2.40. The maximum Gasteiger partial charge on any atom is 0.334 e. The van der Waals surface area contributed by atoms with Crippen molar-refractivity contribution in [2.45, 2.75) is 233 Å². The van der Waals surface area contributed by atoms with Crippen molar-refractivity contribution in [2.75, 3.05) is 85.8 Å². The molecule has 0 aromatic carbocycles. The summed E-state index contributed by atoms with van der Waals surface area (Å²) < 4.78 is 26.8. The Kier molecular flexibility index (Phi) is 44.5. The van der Waals surface area contributed by atoms with Crippen molar-refractivity contribution in [3.8, 4) is 0 Å². The minimum atomic E-state index is -2.23. The predicted octanol–water partition coefficient (Wildman–Crippen LogP) is 16.0. The Morgan fingerprint density at radius 2 is 0.591 bits per heavy atom. The van der Waals surface area contributed by atoms with Crippen molar-refractivity contribution in [2.24, 2.45) is 0 Å². The van der Waals surface area contributed by atoms with Gasteiger partial charge >= 0.3 is 17.1 Å². The molecule has 0 spiro atoms. The molecule has 1 aliphatic heterocycles. The standard InChI is InChI=1S/C57H113N3O4Si2/c1-8-12-16-20-24-28-32-38-52-61-65(6,62-53-39-33-29-25-21-17-13-9-2)56-42-36-44-59-48-46-58(5)47-49-60(51-50-59)45-37-43-57-66(7,63-54-40-34-30-26-22-18-14-10-3)64-55-41-35-31-27-23-19-15-11-4/h24-31H,8-23,32-57H2,1-7H3/b28-24-,29-25-,30-26-,31-27-. The largest absolute Gasteiger partial charge is 0.394 e. The van der Waals surface area contributed by atoms with Gasteiger partial charge in [-0.1, -0.05) is 141 Å². The molecule has 1 aliphatic rings. The highest BCUT2D eigenvalue weighted by atomic mass is 28.4. The van der Waals surface area contributed by atoms with E-state index in [0.717, 1.165) is 129 Å². The Morgan fingerprint density at radius 3 is 0.864 bits per heavy atom. The zero-order chi connectivity index (χ0) is 47.9. The molecule has 9 heteroatoms. The molecular formula is C57H113N3O4Si2. The van der Waals surface area contributed by atoms with Gasteiger partial charge < -0.3 is 32.4 Å². The molecule has 1 fully saturated rings. The van der Waals surface area contributed by atoms with Crippen molar-refractivity contribution in [3.05, 3.63) is 48.6 Å². The summed E-state index contributed by atoms with van der Waals surface area (Å²) in [4.78, 5) is 8.02. The molecule has 1 saturated heterocycles. The third kappa shape index (κ3) is 39.9. The second-order valence-corrected chi connectivity index (χ2v) is 26.7. The Labute approximate surface area is 414 Å². The van der Waals surface area contributed by atoms with Crippen molar-refractivity contribution in [1.29, 1.82) is 0 Å². The van der Waals surface area contributed by atoms with Gasteiger partial charge in [0.15, 0.2) is 0 Å². The fourth-order valence-corrected chi connectivity index (χ4v) is 13.4. The number of likely N-dealkylation sites (N-methyl/N-ethyl adjacent to an activating group) is 1. The topological polar surface area (TPSA) is 46.6 Å². The monoisotopic (exact) mass is 960 g/mol. The second kappa shape index (κ2) is 46.5. The van der Waals surface area contributed by atoms with Crippen LogP contribution in [0.15, 0.2) is 48.6 Å². The van der Waals surface area contributed by atoms with Gasteiger partial charge in [-0.05, 0) is 161 Å². The van der Waals surface area contributed by atoms with Crippen molar-refractivity contribution in [1.82, 2.24) is 14.7 Å². The molecule has 388 valence electrons. The average Bonchev–Trinajstić information content (AvgIpc) is 3.40. The smallest absolute Gasteiger partial charge is 0.334 e. The van der Waals surface area contributed by atoms with Gasteiger partial charge in [0.1, 0.15) is 0 Å². The average molecular weight is 961 g/mol. The third-order valence-corrected chi connectivity index (χ3v) is 19.1. The van der Waals surface area contributed by atoms with Crippen LogP contribution in [0.1, 0.15) is 207 Å². The van der Waals surface area contributed by atoms with Crippen molar-refractivity contribution >= 4 is 17.1 Å². The van der Waals surface area contributed by atoms with Crippen LogP contribution in [0.2, 0.25) is 25.2 Å². The molecule has 0 bridgehead atoms. The van der Waals surface area contributed by atoms with Crippen LogP contribution in [-0.2, 0) is 17.7 Å². The highest BCUT2D eigenvalue weighted by Crippen LogP contribution is 2.21. The summed E-state index contributed by atoms with van der Waals surface area (Å²) in [6, 6.07) is 2.18. The Morgan fingerprint density at radius 1 is 0.333 bits per heavy atom. The fourth-order valence-electron chi connectivity index (χ4n) is 8.57. The van der Waals surface area contributed by atoms with E-state index in [2.05, 4.69) is 111 Å². The first-order valence-electron chi connectivity index (χ1n) is 28.6. The predicted molar refractivity (Wildman–Crippen MR) is 296 cm³/mol. The third-order valence-electron chi connectivity index (χ3n) is 13.3. The van der Waals surface area contributed by atoms with E-state index in [1.165, 1.54) is 142 Å². The van der Waals surface area contributed by atoms with Crippen LogP contribution < -0.4 is 0 Å². The van der Waals surface area contributed by atoms with Gasteiger partial charge in [0, 0.05) is 65.7 Å². The van der Waals surface area contributed by atoms with Crippen LogP contribution >= 0.6 is 0 Å². The maximum absolute atomic E-state index is 6.70. The first-order chi connectivity index (χ1) is 32.3. The van der Waals surface area contributed by atoms with E-state index >= 15 is 0 Å². The molecule has 0 atom stereocenters. The molecule has 1 heterocycles. The summed E-state index contributed by atoms with van der Waals surface area (Å²) in [5.41, 5.74) is 0. The lowest BCUT2D eigenvalue weighted by atomic mass is 10.2. The van der Waals surface area contributed by atoms with E-state index in [0.29, 0.717) is 0 Å². The number of hydrogen-bond acceptors (Lipinski definition) is 7. The van der Waals surface area contributed by atoms with Crippen LogP contribution in [-0.4, -0.2) is 118 Å². The van der Waals surface area contributed by atoms with E-state index in [9.17, 15) is 0 Å². The summed E-state index contributed by atoms with van der Waals surface area (Å²) in [7, 11) is -2.15. The highest BCUT2D eigenvalue weighted by molar-refractivity contribution is 6.66. The fraction of sp³-hybridized carbons (Fsp3) is 0.860. The van der Waals surface area contributed by atoms with Crippen molar-refractivity contribution in [3.63, 3.8) is 0 Å². The number of unbranched alkanes of at least 4 members (excludes halogenated alkanes) is 18. The molecule has 0 aliphatic carbocycles. The van der Waals surface area contributed by atoms with Gasteiger partial charge in [0.05, 0.1) is 0 Å². The molecule has 0 saturated carbocycles. The Hall–Kier alpha value is -0.886. The molecule has 1 rings (SSSR count). The lowest BCUT2D eigenvalue weighted by molar-refractivity contribution is 0.167. The molecule has 7 nitrogen and oxygen atoms in total. The number of allylic oxidation sites excluding steroid dienone is 8. The number of hydrogen-bond donors (Lipinski definition) is 0. The van der Waals surface area contributed by atoms with Crippen LogP contribution in [0.3, 0.4) is 0 Å². The molecule has 66 heavy (non-hydrogen) atoms. The van der Waals surface area contributed by atoms with Crippen LogP contribution in [0.5, 0.6) is 0 Å². The minimum Gasteiger partial charge on any atom is -0.394 e. The first-order valence-corrected chi connectivity index (χ1v) is 33.6. The Balaban J connectivity index is 2.66. The zero-order valence-electron chi connectivity index (χ0n) is 45.3. The quantitative estimate of drug-likeness (QED) is 0.0342. The summed E-state index contributed by atoms with van der Waals surface area (Å²) in [5.74, 6) is 0. The van der Waals surface area contributed by atoms with Gasteiger partial charge in [0.25, 0.3) is 0 Å².